The number of ether oxygens (including phenoxy) is 1. The number of rotatable bonds is 5. The number of nitrogens with zero attached hydrogens (tertiary/aromatic N) is 3. The lowest BCUT2D eigenvalue weighted by atomic mass is 10.2. The van der Waals surface area contributed by atoms with Gasteiger partial charge in [-0.2, -0.15) is 18.3 Å². The molecule has 3 rings (SSSR count). The van der Waals surface area contributed by atoms with Gasteiger partial charge in [-0.05, 0) is 32.9 Å². The van der Waals surface area contributed by atoms with Crippen molar-refractivity contribution in [2.45, 2.75) is 33.5 Å². The third-order valence-electron chi connectivity index (χ3n) is 4.17. The molecule has 2 heterocycles. The maximum atomic E-state index is 10.6. The number of alkyl halides is 3. The molecule has 0 atom stereocenters. The Morgan fingerprint density at radius 3 is 2.32 bits per heavy atom. The van der Waals surface area contributed by atoms with Crippen molar-refractivity contribution in [3.63, 3.8) is 0 Å². The zero-order valence-electron chi connectivity index (χ0n) is 17.5. The highest BCUT2D eigenvalue weighted by molar-refractivity contribution is 5.73. The number of hydrogen-bond acceptors (Lipinski definition) is 5. The standard InChI is InChI=1S/C19H22N4O.C2HF3O2/c1-13-5-7-17(8-6-13)23-15(3)10-19(22-23)21-12-16-11-20-14(2)9-18(16)24-4;3-2(4,5)1(6)7/h5-11H,12H2,1-4H3,(H,21,22);(H,6,7). The lowest BCUT2D eigenvalue weighted by Gasteiger charge is -2.09. The summed E-state index contributed by atoms with van der Waals surface area (Å²) < 4.78 is 39.1. The molecule has 31 heavy (non-hydrogen) atoms. The zero-order valence-corrected chi connectivity index (χ0v) is 17.5. The van der Waals surface area contributed by atoms with Crippen molar-refractivity contribution in [2.24, 2.45) is 0 Å². The summed E-state index contributed by atoms with van der Waals surface area (Å²) in [5.41, 5.74) is 5.32. The summed E-state index contributed by atoms with van der Waals surface area (Å²) in [6.45, 7) is 6.69. The van der Waals surface area contributed by atoms with Crippen LogP contribution in [-0.2, 0) is 11.3 Å². The number of carboxylic acids is 1. The first-order chi connectivity index (χ1) is 14.5. The smallest absolute Gasteiger partial charge is 0.490 e. The zero-order chi connectivity index (χ0) is 23.2. The van der Waals surface area contributed by atoms with Gasteiger partial charge in [-0.15, -0.1) is 0 Å². The number of nitrogens with one attached hydrogen (secondary N) is 1. The van der Waals surface area contributed by atoms with Crippen LogP contribution in [0.4, 0.5) is 19.0 Å². The van der Waals surface area contributed by atoms with E-state index in [1.807, 2.05) is 36.9 Å². The molecule has 2 aromatic heterocycles. The predicted molar refractivity (Wildman–Crippen MR) is 110 cm³/mol. The van der Waals surface area contributed by atoms with Crippen LogP contribution < -0.4 is 10.1 Å². The number of pyridine rings is 1. The summed E-state index contributed by atoms with van der Waals surface area (Å²) in [5.74, 6) is -1.09. The van der Waals surface area contributed by atoms with E-state index in [1.54, 1.807) is 7.11 Å². The second-order valence-electron chi connectivity index (χ2n) is 6.71. The van der Waals surface area contributed by atoms with Gasteiger partial charge in [-0.3, -0.25) is 4.98 Å². The molecule has 0 saturated heterocycles. The minimum absolute atomic E-state index is 0.612. The molecule has 0 spiro atoms. The fourth-order valence-electron chi connectivity index (χ4n) is 2.58. The van der Waals surface area contributed by atoms with Gasteiger partial charge >= 0.3 is 12.1 Å². The molecule has 0 fully saturated rings. The lowest BCUT2D eigenvalue weighted by molar-refractivity contribution is -0.192. The minimum atomic E-state index is -5.08. The number of halogens is 3. The lowest BCUT2D eigenvalue weighted by Crippen LogP contribution is -2.21. The van der Waals surface area contributed by atoms with Crippen LogP contribution in [0.25, 0.3) is 5.69 Å². The Bertz CT molecular complexity index is 1030. The highest BCUT2D eigenvalue weighted by Gasteiger charge is 2.38. The maximum absolute atomic E-state index is 10.6. The number of aryl methyl sites for hydroxylation is 3. The summed E-state index contributed by atoms with van der Waals surface area (Å²) >= 11 is 0. The molecule has 2 N–H and O–H groups in total. The summed E-state index contributed by atoms with van der Waals surface area (Å²) in [6.07, 6.45) is -3.25. The highest BCUT2D eigenvalue weighted by atomic mass is 19.4. The third kappa shape index (κ3) is 6.73. The molecule has 166 valence electrons. The molecule has 0 saturated carbocycles. The molecule has 1 aromatic carbocycles. The Hall–Kier alpha value is -3.56. The van der Waals surface area contributed by atoms with E-state index in [1.165, 1.54) is 5.56 Å². The predicted octanol–water partition coefficient (Wildman–Crippen LogP) is 4.45. The van der Waals surface area contributed by atoms with Gasteiger partial charge in [0.2, 0.25) is 0 Å². The molecule has 0 unspecified atom stereocenters. The molecule has 0 bridgehead atoms. The van der Waals surface area contributed by atoms with Crippen LogP contribution in [0.2, 0.25) is 0 Å². The Balaban J connectivity index is 0.000000423. The normalized spacial score (nSPS) is 10.8. The van der Waals surface area contributed by atoms with E-state index >= 15 is 0 Å². The SMILES string of the molecule is COc1cc(C)ncc1CNc1cc(C)n(-c2ccc(C)cc2)n1.O=C(O)C(F)(F)F. The van der Waals surface area contributed by atoms with Gasteiger partial charge in [-0.1, -0.05) is 17.7 Å². The summed E-state index contributed by atoms with van der Waals surface area (Å²) in [6, 6.07) is 12.3. The topological polar surface area (TPSA) is 89.3 Å². The Morgan fingerprint density at radius 1 is 1.16 bits per heavy atom. The van der Waals surface area contributed by atoms with E-state index in [0.717, 1.165) is 34.2 Å². The Labute approximate surface area is 177 Å². The number of aliphatic carboxylic acids is 1. The number of methoxy groups -OCH3 is 1. The van der Waals surface area contributed by atoms with Gasteiger partial charge in [0.25, 0.3) is 0 Å². The second-order valence-corrected chi connectivity index (χ2v) is 6.71. The van der Waals surface area contributed by atoms with Crippen molar-refractivity contribution in [3.05, 3.63) is 65.1 Å². The monoisotopic (exact) mass is 436 g/mol. The molecule has 0 radical (unpaired) electrons. The molecular weight excluding hydrogens is 413 g/mol. The molecule has 0 amide bonds. The number of carbonyl (C=O) groups is 1. The Kier molecular flexibility index (Phi) is 7.62. The van der Waals surface area contributed by atoms with E-state index in [9.17, 15) is 13.2 Å². The molecule has 3 aromatic rings. The van der Waals surface area contributed by atoms with E-state index < -0.39 is 12.1 Å². The van der Waals surface area contributed by atoms with Gasteiger partial charge in [0, 0.05) is 41.8 Å². The van der Waals surface area contributed by atoms with Gasteiger partial charge in [0.05, 0.1) is 12.8 Å². The van der Waals surface area contributed by atoms with Crippen molar-refractivity contribution in [3.8, 4) is 11.4 Å². The summed E-state index contributed by atoms with van der Waals surface area (Å²) in [5, 5.41) is 15.1. The van der Waals surface area contributed by atoms with Crippen LogP contribution >= 0.6 is 0 Å². The highest BCUT2D eigenvalue weighted by Crippen LogP contribution is 2.21. The fourth-order valence-corrected chi connectivity index (χ4v) is 2.58. The van der Waals surface area contributed by atoms with Crippen molar-refractivity contribution in [1.82, 2.24) is 14.8 Å². The quantitative estimate of drug-likeness (QED) is 0.615. The van der Waals surface area contributed by atoms with E-state index in [2.05, 4.69) is 46.6 Å². The Morgan fingerprint density at radius 2 is 1.77 bits per heavy atom. The molecule has 0 aliphatic rings. The number of aromatic nitrogens is 3. The summed E-state index contributed by atoms with van der Waals surface area (Å²) in [4.78, 5) is 13.2. The first kappa shape index (κ1) is 23.7. The number of carboxylic acid groups (broad SMARTS) is 1. The largest absolute Gasteiger partial charge is 0.496 e. The van der Waals surface area contributed by atoms with Crippen LogP contribution in [0.15, 0.2) is 42.6 Å². The van der Waals surface area contributed by atoms with Crippen molar-refractivity contribution < 1.29 is 27.8 Å². The van der Waals surface area contributed by atoms with E-state index in [4.69, 9.17) is 14.6 Å². The van der Waals surface area contributed by atoms with E-state index in [-0.39, 0.29) is 0 Å². The molecular formula is C21H23F3N4O3. The maximum Gasteiger partial charge on any atom is 0.490 e. The molecule has 7 nitrogen and oxygen atoms in total. The first-order valence-electron chi connectivity index (χ1n) is 9.18. The average molecular weight is 436 g/mol. The van der Waals surface area contributed by atoms with Gasteiger partial charge in [0.1, 0.15) is 11.6 Å². The van der Waals surface area contributed by atoms with Crippen LogP contribution in [0.5, 0.6) is 5.75 Å². The van der Waals surface area contributed by atoms with E-state index in [0.29, 0.717) is 6.54 Å². The number of anilines is 1. The van der Waals surface area contributed by atoms with Gasteiger partial charge < -0.3 is 15.2 Å². The minimum Gasteiger partial charge on any atom is -0.496 e. The van der Waals surface area contributed by atoms with Crippen molar-refractivity contribution >= 4 is 11.8 Å². The average Bonchev–Trinajstić information content (AvgIpc) is 3.07. The van der Waals surface area contributed by atoms with Gasteiger partial charge in [-0.25, -0.2) is 9.48 Å². The van der Waals surface area contributed by atoms with Crippen LogP contribution in [-0.4, -0.2) is 39.1 Å². The van der Waals surface area contributed by atoms with Crippen LogP contribution in [0.1, 0.15) is 22.5 Å². The molecule has 10 heteroatoms. The fraction of sp³-hybridized carbons (Fsp3) is 0.286. The van der Waals surface area contributed by atoms with Crippen LogP contribution in [0, 0.1) is 20.8 Å². The molecule has 0 aliphatic carbocycles. The number of benzene rings is 1. The van der Waals surface area contributed by atoms with Crippen LogP contribution in [0.3, 0.4) is 0 Å². The van der Waals surface area contributed by atoms with Gasteiger partial charge in [0.15, 0.2) is 0 Å². The summed E-state index contributed by atoms with van der Waals surface area (Å²) in [7, 11) is 1.68. The second kappa shape index (κ2) is 9.96. The van der Waals surface area contributed by atoms with Crippen molar-refractivity contribution in [2.75, 3.05) is 12.4 Å². The van der Waals surface area contributed by atoms with Crippen molar-refractivity contribution in [1.29, 1.82) is 0 Å². The number of hydrogen-bond donors (Lipinski definition) is 2. The molecule has 0 aliphatic heterocycles. The third-order valence-corrected chi connectivity index (χ3v) is 4.17. The first-order valence-corrected chi connectivity index (χ1v) is 9.18.